The van der Waals surface area contributed by atoms with E-state index in [4.69, 9.17) is 0 Å². The normalized spacial score (nSPS) is 41.9. The molecule has 5 nitrogen and oxygen atoms in total. The van der Waals surface area contributed by atoms with E-state index in [9.17, 15) is 18.7 Å². The van der Waals surface area contributed by atoms with Crippen LogP contribution in [0.1, 0.15) is 90.9 Å². The maximum absolute atomic E-state index is 13.5. The Balaban J connectivity index is 2.04. The molecule has 0 radical (unpaired) electrons. The van der Waals surface area contributed by atoms with Gasteiger partial charge >= 0.3 is 0 Å². The number of hydroxylamine groups is 1. The van der Waals surface area contributed by atoms with Crippen LogP contribution in [0.3, 0.4) is 0 Å². The van der Waals surface area contributed by atoms with E-state index < -0.39 is 21.4 Å². The van der Waals surface area contributed by atoms with Crippen molar-refractivity contribution >= 4 is 9.84 Å². The molecule has 3 N–H and O–H groups in total. The van der Waals surface area contributed by atoms with E-state index in [0.29, 0.717) is 25.2 Å². The maximum Gasteiger partial charge on any atom is 0.154 e. The Morgan fingerprint density at radius 2 is 1.79 bits per heavy atom. The average molecular weight is 416 g/mol. The molecule has 3 rings (SSSR count). The van der Waals surface area contributed by atoms with E-state index in [1.165, 1.54) is 19.3 Å². The predicted molar refractivity (Wildman–Crippen MR) is 112 cm³/mol. The first-order valence-electron chi connectivity index (χ1n) is 11.7. The lowest BCUT2D eigenvalue weighted by molar-refractivity contribution is -0.0685. The first kappa shape index (κ1) is 22.5. The van der Waals surface area contributed by atoms with Gasteiger partial charge < -0.3 is 10.3 Å². The van der Waals surface area contributed by atoms with Crippen molar-refractivity contribution in [3.05, 3.63) is 0 Å². The van der Waals surface area contributed by atoms with Crippen molar-refractivity contribution in [2.75, 3.05) is 5.75 Å². The van der Waals surface area contributed by atoms with Gasteiger partial charge in [0.05, 0.1) is 17.1 Å². The first-order valence-corrected chi connectivity index (χ1v) is 13.4. The third-order valence-electron chi connectivity index (χ3n) is 8.38. The van der Waals surface area contributed by atoms with Crippen molar-refractivity contribution < 1.29 is 18.7 Å². The molecule has 3 fully saturated rings. The summed E-state index contributed by atoms with van der Waals surface area (Å²) in [6.07, 6.45) is 10.7. The van der Waals surface area contributed by atoms with E-state index in [1.807, 2.05) is 0 Å². The highest BCUT2D eigenvalue weighted by molar-refractivity contribution is 7.92. The van der Waals surface area contributed by atoms with E-state index in [2.05, 4.69) is 19.3 Å². The monoisotopic (exact) mass is 415 g/mol. The van der Waals surface area contributed by atoms with Crippen LogP contribution < -0.4 is 5.48 Å². The molecule has 164 valence electrons. The van der Waals surface area contributed by atoms with Crippen LogP contribution in [0.2, 0.25) is 0 Å². The van der Waals surface area contributed by atoms with Crippen molar-refractivity contribution in [1.82, 2.24) is 5.48 Å². The molecule has 1 aliphatic heterocycles. The van der Waals surface area contributed by atoms with Crippen molar-refractivity contribution in [2.24, 2.45) is 23.2 Å². The Hall–Kier alpha value is -0.170. The van der Waals surface area contributed by atoms with Gasteiger partial charge in [-0.3, -0.25) is 0 Å². The summed E-state index contributed by atoms with van der Waals surface area (Å²) in [5.74, 6) is 0.542. The number of nitrogens with one attached hydrogen (secondary N) is 1. The Kier molecular flexibility index (Phi) is 7.49. The summed E-state index contributed by atoms with van der Waals surface area (Å²) in [5.41, 5.74) is 1.90. The minimum atomic E-state index is -3.28. The number of aliphatic hydroxyl groups is 1. The predicted octanol–water partition coefficient (Wildman–Crippen LogP) is 4.07. The molecule has 0 bridgehead atoms. The SMILES string of the molecule is CCCC[C@]1(CC)CS(=O)(=O)C2CCC(NO)CC2C(C2CCCCC2)C1O. The highest BCUT2D eigenvalue weighted by atomic mass is 32.2. The summed E-state index contributed by atoms with van der Waals surface area (Å²) >= 11 is 0. The molecule has 0 aromatic carbocycles. The molecule has 5 unspecified atom stereocenters. The zero-order chi connectivity index (χ0) is 20.4. The highest BCUT2D eigenvalue weighted by Crippen LogP contribution is 2.52. The molecule has 0 aromatic heterocycles. The lowest BCUT2D eigenvalue weighted by Crippen LogP contribution is -2.49. The summed E-state index contributed by atoms with van der Waals surface area (Å²) in [7, 11) is -3.28. The van der Waals surface area contributed by atoms with Gasteiger partial charge in [0.1, 0.15) is 0 Å². The quantitative estimate of drug-likeness (QED) is 0.569. The number of sulfone groups is 1. The summed E-state index contributed by atoms with van der Waals surface area (Å²) in [6.45, 7) is 4.20. The van der Waals surface area contributed by atoms with Gasteiger partial charge in [-0.2, -0.15) is 0 Å². The van der Waals surface area contributed by atoms with Gasteiger partial charge in [0.25, 0.3) is 0 Å². The van der Waals surface area contributed by atoms with Crippen LogP contribution in [0.15, 0.2) is 0 Å². The van der Waals surface area contributed by atoms with Gasteiger partial charge in [-0.1, -0.05) is 58.8 Å². The van der Waals surface area contributed by atoms with Gasteiger partial charge in [0.15, 0.2) is 9.84 Å². The Morgan fingerprint density at radius 1 is 1.07 bits per heavy atom. The smallest absolute Gasteiger partial charge is 0.154 e. The van der Waals surface area contributed by atoms with Gasteiger partial charge in [-0.05, 0) is 49.9 Å². The van der Waals surface area contributed by atoms with Crippen LogP contribution >= 0.6 is 0 Å². The number of hydrogen-bond acceptors (Lipinski definition) is 5. The van der Waals surface area contributed by atoms with Crippen molar-refractivity contribution in [3.8, 4) is 0 Å². The fraction of sp³-hybridized carbons (Fsp3) is 1.00. The average Bonchev–Trinajstić information content (AvgIpc) is 2.78. The molecule has 1 heterocycles. The molecule has 28 heavy (non-hydrogen) atoms. The molecule has 3 aliphatic rings. The second-order valence-electron chi connectivity index (χ2n) is 9.89. The molecule has 6 atom stereocenters. The van der Waals surface area contributed by atoms with Gasteiger partial charge in [0.2, 0.25) is 0 Å². The standard InChI is InChI=1S/C22H41NO4S/c1-3-5-13-22(4-2)15-28(26,27)19-12-11-17(23-25)14-18(19)20(21(22)24)16-9-7-6-8-10-16/h16-21,23-25H,3-15H2,1-2H3/t17?,18?,19?,20?,21?,22-/m1/s1. The molecule has 0 spiro atoms. The first-order chi connectivity index (χ1) is 13.4. The fourth-order valence-electron chi connectivity index (χ4n) is 6.74. The Labute approximate surface area is 171 Å². The number of fused-ring (bicyclic) bond motifs is 1. The lowest BCUT2D eigenvalue weighted by atomic mass is 9.60. The van der Waals surface area contributed by atoms with Crippen molar-refractivity contribution in [3.63, 3.8) is 0 Å². The lowest BCUT2D eigenvalue weighted by Gasteiger charge is -2.46. The van der Waals surface area contributed by atoms with Crippen LogP contribution in [0, 0.1) is 23.2 Å². The highest BCUT2D eigenvalue weighted by Gasteiger charge is 2.56. The minimum Gasteiger partial charge on any atom is -0.392 e. The second-order valence-corrected chi connectivity index (χ2v) is 12.1. The zero-order valence-electron chi connectivity index (χ0n) is 17.8. The van der Waals surface area contributed by atoms with E-state index in [1.54, 1.807) is 0 Å². The summed E-state index contributed by atoms with van der Waals surface area (Å²) in [4.78, 5) is 0. The van der Waals surface area contributed by atoms with Crippen molar-refractivity contribution in [1.29, 1.82) is 0 Å². The third kappa shape index (κ3) is 4.30. The number of aliphatic hydroxyl groups excluding tert-OH is 1. The van der Waals surface area contributed by atoms with Gasteiger partial charge in [0, 0.05) is 11.5 Å². The summed E-state index contributed by atoms with van der Waals surface area (Å²) in [6, 6.07) is -0.0560. The fourth-order valence-corrected chi connectivity index (χ4v) is 9.60. The number of hydrogen-bond donors (Lipinski definition) is 3. The van der Waals surface area contributed by atoms with Crippen LogP contribution in [-0.2, 0) is 9.84 Å². The van der Waals surface area contributed by atoms with E-state index >= 15 is 0 Å². The second kappa shape index (κ2) is 9.32. The minimum absolute atomic E-state index is 0.0375. The molecule has 0 aromatic rings. The molecule has 2 aliphatic carbocycles. The molecule has 0 amide bonds. The number of unbranched alkanes of at least 4 members (excludes halogenated alkanes) is 1. The largest absolute Gasteiger partial charge is 0.392 e. The van der Waals surface area contributed by atoms with Gasteiger partial charge in [-0.25, -0.2) is 13.9 Å². The molecule has 2 saturated carbocycles. The van der Waals surface area contributed by atoms with Crippen LogP contribution in [-0.4, -0.2) is 41.9 Å². The topological polar surface area (TPSA) is 86.6 Å². The molecule has 6 heteroatoms. The Morgan fingerprint density at radius 3 is 2.39 bits per heavy atom. The number of rotatable bonds is 6. The molecule has 1 saturated heterocycles. The van der Waals surface area contributed by atoms with Crippen LogP contribution in [0.25, 0.3) is 0 Å². The Bertz CT molecular complexity index is 604. The van der Waals surface area contributed by atoms with Crippen molar-refractivity contribution in [2.45, 2.75) is 108 Å². The maximum atomic E-state index is 13.5. The van der Waals surface area contributed by atoms with E-state index in [-0.39, 0.29) is 28.9 Å². The zero-order valence-corrected chi connectivity index (χ0v) is 18.6. The van der Waals surface area contributed by atoms with Crippen LogP contribution in [0.4, 0.5) is 0 Å². The third-order valence-corrected chi connectivity index (χ3v) is 10.9. The summed E-state index contributed by atoms with van der Waals surface area (Å²) in [5, 5.41) is 21.0. The van der Waals surface area contributed by atoms with Crippen LogP contribution in [0.5, 0.6) is 0 Å². The molecular weight excluding hydrogens is 374 g/mol. The van der Waals surface area contributed by atoms with Gasteiger partial charge in [-0.15, -0.1) is 0 Å². The molecular formula is C22H41NO4S. The summed E-state index contributed by atoms with van der Waals surface area (Å²) < 4.78 is 27.1. The van der Waals surface area contributed by atoms with E-state index in [0.717, 1.165) is 38.5 Å².